The van der Waals surface area contributed by atoms with Crippen molar-refractivity contribution in [3.8, 4) is 5.69 Å². The summed E-state index contributed by atoms with van der Waals surface area (Å²) in [5, 5.41) is 11.0. The Morgan fingerprint density at radius 3 is 2.90 bits per heavy atom. The molecule has 0 bridgehead atoms. The molecule has 1 N–H and O–H groups in total. The van der Waals surface area contributed by atoms with Gasteiger partial charge >= 0.3 is 0 Å². The van der Waals surface area contributed by atoms with Crippen LogP contribution in [0.2, 0.25) is 0 Å². The lowest BCUT2D eigenvalue weighted by atomic mass is 9.94. The molecule has 1 aromatic heterocycles. The molecule has 1 aliphatic rings. The number of hydrogen-bond acceptors (Lipinski definition) is 3. The van der Waals surface area contributed by atoms with Crippen molar-refractivity contribution >= 4 is 5.91 Å². The molecule has 108 valence electrons. The quantitative estimate of drug-likeness (QED) is 0.875. The number of nitrogens with zero attached hydrogens (tertiary/aromatic N) is 3. The van der Waals surface area contributed by atoms with Crippen LogP contribution in [-0.4, -0.2) is 20.7 Å². The van der Waals surface area contributed by atoms with Crippen molar-refractivity contribution in [1.82, 2.24) is 20.1 Å². The first-order chi connectivity index (χ1) is 10.3. The summed E-state index contributed by atoms with van der Waals surface area (Å²) in [6.07, 6.45) is 8.62. The summed E-state index contributed by atoms with van der Waals surface area (Å²) < 4.78 is 1.89. The zero-order chi connectivity index (χ0) is 14.5. The van der Waals surface area contributed by atoms with Crippen molar-refractivity contribution in [3.63, 3.8) is 0 Å². The molecule has 0 saturated carbocycles. The van der Waals surface area contributed by atoms with Crippen molar-refractivity contribution < 1.29 is 4.79 Å². The van der Waals surface area contributed by atoms with Gasteiger partial charge in [-0.25, -0.2) is 0 Å². The van der Waals surface area contributed by atoms with E-state index in [2.05, 4.69) is 27.7 Å². The van der Waals surface area contributed by atoms with E-state index in [-0.39, 0.29) is 11.8 Å². The van der Waals surface area contributed by atoms with Crippen LogP contribution in [0, 0.1) is 5.92 Å². The molecule has 1 heterocycles. The number of carbonyl (C=O) groups excluding carboxylic acids is 1. The third-order valence-corrected chi connectivity index (χ3v) is 3.71. The first kappa shape index (κ1) is 13.5. The van der Waals surface area contributed by atoms with E-state index < -0.39 is 0 Å². The van der Waals surface area contributed by atoms with E-state index in [0.717, 1.165) is 30.8 Å². The van der Waals surface area contributed by atoms with E-state index in [1.165, 1.54) is 0 Å². The summed E-state index contributed by atoms with van der Waals surface area (Å²) >= 11 is 0. The summed E-state index contributed by atoms with van der Waals surface area (Å²) in [6, 6.07) is 9.87. The van der Waals surface area contributed by atoms with Gasteiger partial charge in [-0.1, -0.05) is 30.4 Å². The number of allylic oxidation sites excluding steroid dienone is 2. The van der Waals surface area contributed by atoms with Crippen molar-refractivity contribution in [2.24, 2.45) is 5.92 Å². The molecule has 0 radical (unpaired) electrons. The third-order valence-electron chi connectivity index (χ3n) is 3.71. The number of rotatable bonds is 4. The topological polar surface area (TPSA) is 59.8 Å². The molecule has 0 fully saturated rings. The molecule has 1 aromatic carbocycles. The molecule has 21 heavy (non-hydrogen) atoms. The van der Waals surface area contributed by atoms with Crippen molar-refractivity contribution in [2.75, 3.05) is 0 Å². The Morgan fingerprint density at radius 1 is 1.29 bits per heavy atom. The number of nitrogens with one attached hydrogen (secondary N) is 1. The van der Waals surface area contributed by atoms with Gasteiger partial charge in [-0.15, -0.1) is 10.2 Å². The minimum absolute atomic E-state index is 0.0862. The van der Waals surface area contributed by atoms with Crippen molar-refractivity contribution in [1.29, 1.82) is 0 Å². The minimum atomic E-state index is 0.0862. The average molecular weight is 282 g/mol. The van der Waals surface area contributed by atoms with E-state index in [4.69, 9.17) is 0 Å². The van der Waals surface area contributed by atoms with Gasteiger partial charge in [0.1, 0.15) is 6.33 Å². The molecule has 1 aliphatic carbocycles. The molecular formula is C16H18N4O. The van der Waals surface area contributed by atoms with Crippen LogP contribution in [0.5, 0.6) is 0 Å². The SMILES string of the molecule is O=C(NCc1nncn1-c1ccccc1)C1CC=CCC1. The largest absolute Gasteiger partial charge is 0.349 e. The van der Waals surface area contributed by atoms with Gasteiger partial charge in [0.25, 0.3) is 0 Å². The fourth-order valence-corrected chi connectivity index (χ4v) is 2.53. The summed E-state index contributed by atoms with van der Waals surface area (Å²) in [7, 11) is 0. The Kier molecular flexibility index (Phi) is 4.09. The number of carbonyl (C=O) groups is 1. The Labute approximate surface area is 123 Å². The molecule has 0 aliphatic heterocycles. The predicted molar refractivity (Wildman–Crippen MR) is 79.7 cm³/mol. The number of hydrogen-bond donors (Lipinski definition) is 1. The molecule has 5 heteroatoms. The molecule has 1 unspecified atom stereocenters. The monoisotopic (exact) mass is 282 g/mol. The second kappa shape index (κ2) is 6.35. The number of amides is 1. The Hall–Kier alpha value is -2.43. The standard InChI is InChI=1S/C16H18N4O/c21-16(13-7-3-1-4-8-13)17-11-15-19-18-12-20(15)14-9-5-2-6-10-14/h1-3,5-6,9-10,12-13H,4,7-8,11H2,(H,17,21). The van der Waals surface area contributed by atoms with Crippen LogP contribution in [0.25, 0.3) is 5.69 Å². The molecule has 3 rings (SSSR count). The lowest BCUT2D eigenvalue weighted by Crippen LogP contribution is -2.31. The molecule has 1 atom stereocenters. The van der Waals surface area contributed by atoms with Gasteiger partial charge in [0.05, 0.1) is 6.54 Å². The van der Waals surface area contributed by atoms with Crippen LogP contribution in [0.4, 0.5) is 0 Å². The summed E-state index contributed by atoms with van der Waals surface area (Å²) in [5.74, 6) is 0.922. The first-order valence-electron chi connectivity index (χ1n) is 7.21. The molecular weight excluding hydrogens is 264 g/mol. The second-order valence-electron chi connectivity index (χ2n) is 5.15. The number of benzene rings is 1. The van der Waals surface area contributed by atoms with Gasteiger partial charge in [-0.2, -0.15) is 0 Å². The highest BCUT2D eigenvalue weighted by Crippen LogP contribution is 2.18. The smallest absolute Gasteiger partial charge is 0.223 e. The second-order valence-corrected chi connectivity index (χ2v) is 5.15. The highest BCUT2D eigenvalue weighted by Gasteiger charge is 2.19. The van der Waals surface area contributed by atoms with E-state index >= 15 is 0 Å². The number of para-hydroxylation sites is 1. The summed E-state index contributed by atoms with van der Waals surface area (Å²) in [4.78, 5) is 12.1. The fourth-order valence-electron chi connectivity index (χ4n) is 2.53. The maximum absolute atomic E-state index is 12.1. The van der Waals surface area contributed by atoms with Crippen LogP contribution in [0.1, 0.15) is 25.1 Å². The number of aromatic nitrogens is 3. The Morgan fingerprint density at radius 2 is 2.14 bits per heavy atom. The van der Waals surface area contributed by atoms with E-state index in [1.54, 1.807) is 6.33 Å². The van der Waals surface area contributed by atoms with Gasteiger partial charge in [-0.05, 0) is 31.4 Å². The highest BCUT2D eigenvalue weighted by molar-refractivity contribution is 5.78. The van der Waals surface area contributed by atoms with E-state index in [0.29, 0.717) is 6.54 Å². The fraction of sp³-hybridized carbons (Fsp3) is 0.312. The molecule has 2 aromatic rings. The van der Waals surface area contributed by atoms with Gasteiger partial charge in [0.2, 0.25) is 5.91 Å². The van der Waals surface area contributed by atoms with Gasteiger partial charge in [-0.3, -0.25) is 9.36 Å². The van der Waals surface area contributed by atoms with Crippen molar-refractivity contribution in [2.45, 2.75) is 25.8 Å². The normalized spacial score (nSPS) is 17.6. The van der Waals surface area contributed by atoms with Crippen LogP contribution in [0.15, 0.2) is 48.8 Å². The zero-order valence-corrected chi connectivity index (χ0v) is 11.8. The minimum Gasteiger partial charge on any atom is -0.349 e. The lowest BCUT2D eigenvalue weighted by Gasteiger charge is -2.17. The maximum atomic E-state index is 12.1. The highest BCUT2D eigenvalue weighted by atomic mass is 16.1. The predicted octanol–water partition coefficient (Wildman–Crippen LogP) is 2.24. The Bertz CT molecular complexity index is 633. The van der Waals surface area contributed by atoms with Gasteiger partial charge in [0.15, 0.2) is 5.82 Å². The van der Waals surface area contributed by atoms with Crippen LogP contribution < -0.4 is 5.32 Å². The lowest BCUT2D eigenvalue weighted by molar-refractivity contribution is -0.125. The van der Waals surface area contributed by atoms with E-state index in [9.17, 15) is 4.79 Å². The zero-order valence-electron chi connectivity index (χ0n) is 11.8. The molecule has 1 amide bonds. The van der Waals surface area contributed by atoms with E-state index in [1.807, 2.05) is 34.9 Å². The van der Waals surface area contributed by atoms with Crippen LogP contribution >= 0.6 is 0 Å². The summed E-state index contributed by atoms with van der Waals surface area (Å²) in [6.45, 7) is 0.397. The van der Waals surface area contributed by atoms with Crippen LogP contribution in [0.3, 0.4) is 0 Å². The summed E-state index contributed by atoms with van der Waals surface area (Å²) in [5.41, 5.74) is 0.993. The average Bonchev–Trinajstić information content (AvgIpc) is 3.03. The molecule has 0 saturated heterocycles. The molecule has 5 nitrogen and oxygen atoms in total. The van der Waals surface area contributed by atoms with Gasteiger partial charge < -0.3 is 5.32 Å². The van der Waals surface area contributed by atoms with Crippen LogP contribution in [-0.2, 0) is 11.3 Å². The van der Waals surface area contributed by atoms with Gasteiger partial charge in [0, 0.05) is 11.6 Å². The maximum Gasteiger partial charge on any atom is 0.223 e. The Balaban J connectivity index is 1.65. The van der Waals surface area contributed by atoms with Crippen molar-refractivity contribution in [3.05, 3.63) is 54.6 Å². The third kappa shape index (κ3) is 3.18. The first-order valence-corrected chi connectivity index (χ1v) is 7.21. The molecule has 0 spiro atoms.